The van der Waals surface area contributed by atoms with Gasteiger partial charge in [-0.2, -0.15) is 13.2 Å². The van der Waals surface area contributed by atoms with E-state index >= 15 is 0 Å². The molecule has 1 amide bonds. The van der Waals surface area contributed by atoms with Crippen molar-refractivity contribution in [3.05, 3.63) is 85.7 Å². The van der Waals surface area contributed by atoms with E-state index in [9.17, 15) is 31.5 Å². The Hall–Kier alpha value is -3.52. The SMILES string of the molecule is O=C(Cn1cccc(C(F)(F)F)c1=O)N1CCC(c2nc(C#CCc3c(F)cccc3F)cs2)CC1. The number of likely N-dealkylation sites (tertiary alicyclic amines) is 1. The number of nitrogens with zero attached hydrogens (tertiary/aromatic N) is 3. The minimum Gasteiger partial charge on any atom is -0.341 e. The summed E-state index contributed by atoms with van der Waals surface area (Å²) in [7, 11) is 0. The van der Waals surface area contributed by atoms with Crippen LogP contribution in [0.15, 0.2) is 46.7 Å². The van der Waals surface area contributed by atoms with Gasteiger partial charge in [0.15, 0.2) is 0 Å². The fraction of sp³-hybridized carbons (Fsp3) is 0.320. The molecule has 188 valence electrons. The summed E-state index contributed by atoms with van der Waals surface area (Å²) in [6.07, 6.45) is -2.50. The summed E-state index contributed by atoms with van der Waals surface area (Å²) < 4.78 is 67.0. The molecule has 11 heteroatoms. The van der Waals surface area contributed by atoms with E-state index in [1.54, 1.807) is 5.38 Å². The van der Waals surface area contributed by atoms with E-state index in [0.29, 0.717) is 37.7 Å². The molecule has 1 saturated heterocycles. The maximum absolute atomic E-state index is 13.7. The molecule has 36 heavy (non-hydrogen) atoms. The van der Waals surface area contributed by atoms with Gasteiger partial charge in [0.05, 0.1) is 5.01 Å². The number of hydrogen-bond donors (Lipinski definition) is 0. The van der Waals surface area contributed by atoms with Gasteiger partial charge in [-0.1, -0.05) is 12.0 Å². The molecule has 0 unspecified atom stereocenters. The smallest absolute Gasteiger partial charge is 0.341 e. The van der Waals surface area contributed by atoms with E-state index in [-0.39, 0.29) is 17.9 Å². The van der Waals surface area contributed by atoms with E-state index in [2.05, 4.69) is 16.8 Å². The number of hydrogen-bond acceptors (Lipinski definition) is 4. The van der Waals surface area contributed by atoms with Crippen LogP contribution in [0.25, 0.3) is 0 Å². The molecule has 2 aromatic heterocycles. The lowest BCUT2D eigenvalue weighted by Gasteiger charge is -2.31. The molecule has 0 saturated carbocycles. The van der Waals surface area contributed by atoms with E-state index < -0.39 is 41.4 Å². The number of rotatable bonds is 4. The zero-order valence-electron chi connectivity index (χ0n) is 18.8. The lowest BCUT2D eigenvalue weighted by molar-refractivity contribution is -0.139. The first-order chi connectivity index (χ1) is 17.1. The van der Waals surface area contributed by atoms with Crippen molar-refractivity contribution >= 4 is 17.2 Å². The quantitative estimate of drug-likeness (QED) is 0.373. The van der Waals surface area contributed by atoms with Crippen LogP contribution in [-0.2, 0) is 23.9 Å². The molecule has 0 bridgehead atoms. The van der Waals surface area contributed by atoms with Gasteiger partial charge in [0.1, 0.15) is 29.4 Å². The van der Waals surface area contributed by atoms with Gasteiger partial charge in [0.25, 0.3) is 5.56 Å². The topological polar surface area (TPSA) is 55.2 Å². The summed E-state index contributed by atoms with van der Waals surface area (Å²) >= 11 is 1.41. The molecule has 1 aliphatic heterocycles. The molecular weight excluding hydrogens is 501 g/mol. The highest BCUT2D eigenvalue weighted by Gasteiger charge is 2.34. The minimum absolute atomic E-state index is 0.0786. The number of alkyl halides is 3. The zero-order valence-corrected chi connectivity index (χ0v) is 19.6. The molecule has 5 nitrogen and oxygen atoms in total. The summed E-state index contributed by atoms with van der Waals surface area (Å²) in [5.41, 5.74) is -2.15. The van der Waals surface area contributed by atoms with E-state index in [1.165, 1.54) is 40.6 Å². The van der Waals surface area contributed by atoms with Crippen molar-refractivity contribution in [3.63, 3.8) is 0 Å². The highest BCUT2D eigenvalue weighted by Crippen LogP contribution is 2.30. The maximum atomic E-state index is 13.7. The van der Waals surface area contributed by atoms with Crippen LogP contribution in [0.5, 0.6) is 0 Å². The monoisotopic (exact) mass is 521 g/mol. The second-order valence-electron chi connectivity index (χ2n) is 8.26. The average molecular weight is 522 g/mol. The van der Waals surface area contributed by atoms with E-state index in [1.807, 2.05) is 0 Å². The van der Waals surface area contributed by atoms with Crippen molar-refractivity contribution in [1.29, 1.82) is 0 Å². The van der Waals surface area contributed by atoms with Gasteiger partial charge >= 0.3 is 6.18 Å². The van der Waals surface area contributed by atoms with Gasteiger partial charge in [-0.05, 0) is 43.0 Å². The fourth-order valence-electron chi connectivity index (χ4n) is 3.96. The van der Waals surface area contributed by atoms with E-state index in [4.69, 9.17) is 0 Å². The number of benzene rings is 1. The second-order valence-corrected chi connectivity index (χ2v) is 9.15. The van der Waals surface area contributed by atoms with Gasteiger partial charge in [-0.15, -0.1) is 11.3 Å². The zero-order chi connectivity index (χ0) is 25.9. The predicted octanol–water partition coefficient (Wildman–Crippen LogP) is 4.60. The summed E-state index contributed by atoms with van der Waals surface area (Å²) in [5, 5.41) is 2.59. The van der Waals surface area contributed by atoms with Crippen LogP contribution < -0.4 is 5.56 Å². The largest absolute Gasteiger partial charge is 0.421 e. The van der Waals surface area contributed by atoms with Crippen molar-refractivity contribution < 1.29 is 26.7 Å². The van der Waals surface area contributed by atoms with Crippen molar-refractivity contribution in [1.82, 2.24) is 14.5 Å². The van der Waals surface area contributed by atoms with Gasteiger partial charge in [-0.25, -0.2) is 13.8 Å². The third-order valence-corrected chi connectivity index (χ3v) is 6.90. The Bertz CT molecular complexity index is 1360. The minimum atomic E-state index is -4.79. The second kappa shape index (κ2) is 10.6. The molecule has 0 atom stereocenters. The summed E-state index contributed by atoms with van der Waals surface area (Å²) in [4.78, 5) is 30.7. The number of aromatic nitrogens is 2. The van der Waals surface area contributed by atoms with Crippen LogP contribution in [0.4, 0.5) is 22.0 Å². The lowest BCUT2D eigenvalue weighted by Crippen LogP contribution is -2.41. The number of pyridine rings is 1. The Morgan fingerprint density at radius 1 is 1.11 bits per heavy atom. The van der Waals surface area contributed by atoms with Gasteiger partial charge in [-0.3, -0.25) is 9.59 Å². The Morgan fingerprint density at radius 2 is 1.81 bits per heavy atom. The van der Waals surface area contributed by atoms with Crippen LogP contribution in [0.1, 0.15) is 40.6 Å². The molecule has 0 aliphatic carbocycles. The Kier molecular flexibility index (Phi) is 7.54. The predicted molar refractivity (Wildman–Crippen MR) is 123 cm³/mol. The highest BCUT2D eigenvalue weighted by molar-refractivity contribution is 7.09. The van der Waals surface area contributed by atoms with Gasteiger partial charge in [0.2, 0.25) is 5.91 Å². The molecule has 3 aromatic rings. The molecule has 0 radical (unpaired) electrons. The molecule has 1 aliphatic rings. The number of thiazole rings is 1. The van der Waals surface area contributed by atoms with Crippen LogP contribution >= 0.6 is 11.3 Å². The first-order valence-electron chi connectivity index (χ1n) is 11.0. The first-order valence-corrected chi connectivity index (χ1v) is 11.9. The molecule has 1 aromatic carbocycles. The molecule has 0 spiro atoms. The van der Waals surface area contributed by atoms with Crippen LogP contribution in [0.2, 0.25) is 0 Å². The number of halogens is 5. The number of amides is 1. The van der Waals surface area contributed by atoms with E-state index in [0.717, 1.165) is 15.6 Å². The summed E-state index contributed by atoms with van der Waals surface area (Å²) in [5.74, 6) is 3.91. The van der Waals surface area contributed by atoms with Crippen molar-refractivity contribution in [2.24, 2.45) is 0 Å². The third kappa shape index (κ3) is 5.82. The molecule has 0 N–H and O–H groups in total. The van der Waals surface area contributed by atoms with Crippen LogP contribution in [0, 0.1) is 23.5 Å². The Balaban J connectivity index is 1.33. The lowest BCUT2D eigenvalue weighted by atomic mass is 9.97. The average Bonchev–Trinajstić information content (AvgIpc) is 3.30. The first kappa shape index (κ1) is 25.6. The standard InChI is InChI=1S/C25H20F5N3O2S/c26-20-7-2-8-21(27)18(20)5-1-4-17-15-36-23(31-17)16-9-12-32(13-10-16)22(34)14-33-11-3-6-19(24(33)35)25(28,29)30/h2-3,6-8,11,15-16H,5,9-10,12-14H2. The van der Waals surface area contributed by atoms with Crippen molar-refractivity contribution in [2.45, 2.75) is 37.9 Å². The van der Waals surface area contributed by atoms with Crippen LogP contribution in [0.3, 0.4) is 0 Å². The Morgan fingerprint density at radius 3 is 2.47 bits per heavy atom. The molecule has 4 rings (SSSR count). The highest BCUT2D eigenvalue weighted by atomic mass is 32.1. The van der Waals surface area contributed by atoms with Gasteiger partial charge < -0.3 is 9.47 Å². The van der Waals surface area contributed by atoms with Crippen LogP contribution in [-0.4, -0.2) is 33.4 Å². The van der Waals surface area contributed by atoms with Crippen molar-refractivity contribution in [2.75, 3.05) is 13.1 Å². The third-order valence-electron chi connectivity index (χ3n) is 5.89. The summed E-state index contributed by atoms with van der Waals surface area (Å²) in [6, 6.07) is 5.43. The van der Waals surface area contributed by atoms with Gasteiger partial charge in [0, 0.05) is 42.6 Å². The number of carbonyl (C=O) groups is 1. The Labute approximate surface area is 207 Å². The number of carbonyl (C=O) groups excluding carboxylic acids is 1. The number of piperidine rings is 1. The maximum Gasteiger partial charge on any atom is 0.421 e. The normalized spacial score (nSPS) is 14.4. The van der Waals surface area contributed by atoms with Crippen molar-refractivity contribution in [3.8, 4) is 11.8 Å². The summed E-state index contributed by atoms with van der Waals surface area (Å²) in [6.45, 7) is 0.293. The molecular formula is C25H20F5N3O2S. The molecule has 1 fully saturated rings. The molecule has 3 heterocycles. The fourth-order valence-corrected chi connectivity index (χ4v) is 4.88.